The average molecular weight is 335 g/mol. The molecule has 0 heterocycles. The summed E-state index contributed by atoms with van der Waals surface area (Å²) in [6, 6.07) is 9.01. The minimum Gasteiger partial charge on any atom is -0.374 e. The summed E-state index contributed by atoms with van der Waals surface area (Å²) in [5.41, 5.74) is 5.64. The molecule has 0 N–H and O–H groups in total. The van der Waals surface area contributed by atoms with Gasteiger partial charge in [0.2, 0.25) is 0 Å². The second kappa shape index (κ2) is 7.60. The summed E-state index contributed by atoms with van der Waals surface area (Å²) in [7, 11) is 4.22. The van der Waals surface area contributed by atoms with Crippen molar-refractivity contribution in [1.29, 1.82) is 0 Å². The molecule has 0 aromatic heterocycles. The minimum atomic E-state index is 0.385. The fourth-order valence-corrected chi connectivity index (χ4v) is 3.10. The van der Waals surface area contributed by atoms with Crippen LogP contribution in [-0.2, 0) is 0 Å². The molecule has 0 amide bonds. The maximum atomic E-state index is 4.37. The second-order valence-electron chi connectivity index (χ2n) is 6.70. The van der Waals surface area contributed by atoms with Gasteiger partial charge in [-0.3, -0.25) is 0 Å². The quantitative estimate of drug-likeness (QED) is 0.622. The first-order chi connectivity index (χ1) is 11.9. The van der Waals surface area contributed by atoms with E-state index in [-0.39, 0.29) is 0 Å². The molecule has 0 saturated carbocycles. The lowest BCUT2D eigenvalue weighted by Crippen LogP contribution is -2.24. The van der Waals surface area contributed by atoms with Gasteiger partial charge in [-0.15, -0.1) is 0 Å². The molecule has 0 fully saturated rings. The summed E-state index contributed by atoms with van der Waals surface area (Å²) in [5, 5.41) is 2.41. The van der Waals surface area contributed by atoms with Crippen molar-refractivity contribution in [3.05, 3.63) is 60.7 Å². The van der Waals surface area contributed by atoms with Crippen LogP contribution in [0.5, 0.6) is 0 Å². The van der Waals surface area contributed by atoms with E-state index in [0.717, 1.165) is 28.9 Å². The summed E-state index contributed by atoms with van der Waals surface area (Å²) in [5.74, 6) is 0. The van der Waals surface area contributed by atoms with Gasteiger partial charge in [-0.2, -0.15) is 0 Å². The highest BCUT2D eigenvalue weighted by Gasteiger charge is 2.18. The summed E-state index contributed by atoms with van der Waals surface area (Å²) in [4.78, 5) is 4.48. The van der Waals surface area contributed by atoms with E-state index in [9.17, 15) is 0 Å². The molecular formula is C23H30N2. The molecule has 2 heteroatoms. The predicted octanol–water partition coefficient (Wildman–Crippen LogP) is 5.89. The number of fused-ring (bicyclic) bond motifs is 1. The molecule has 0 bridgehead atoms. The van der Waals surface area contributed by atoms with Gasteiger partial charge in [-0.25, -0.2) is 0 Å². The van der Waals surface area contributed by atoms with Crippen molar-refractivity contribution in [2.24, 2.45) is 0 Å². The van der Waals surface area contributed by atoms with Crippen LogP contribution in [-0.4, -0.2) is 31.6 Å². The van der Waals surface area contributed by atoms with Crippen LogP contribution in [0.3, 0.4) is 0 Å². The van der Waals surface area contributed by atoms with Crippen molar-refractivity contribution in [3.63, 3.8) is 0 Å². The first-order valence-corrected chi connectivity index (χ1v) is 8.85. The van der Waals surface area contributed by atoms with E-state index in [0.29, 0.717) is 6.04 Å². The number of hydrogen-bond donors (Lipinski definition) is 0. The lowest BCUT2D eigenvalue weighted by atomic mass is 9.92. The van der Waals surface area contributed by atoms with Crippen molar-refractivity contribution in [2.45, 2.75) is 26.8 Å². The zero-order valence-corrected chi connectivity index (χ0v) is 16.3. The van der Waals surface area contributed by atoms with Crippen LogP contribution < -0.4 is 4.90 Å². The average Bonchev–Trinajstić information content (AvgIpc) is 2.64. The van der Waals surface area contributed by atoms with E-state index in [2.05, 4.69) is 88.7 Å². The third-order valence-electron chi connectivity index (χ3n) is 5.04. The Bertz CT molecular complexity index is 814. The number of anilines is 1. The fraction of sp³-hybridized carbons (Fsp3) is 0.304. The Morgan fingerprint density at radius 2 is 1.56 bits per heavy atom. The highest BCUT2D eigenvalue weighted by Crippen LogP contribution is 2.38. The molecule has 0 atom stereocenters. The molecule has 0 radical (unpaired) electrons. The number of benzene rings is 2. The third kappa shape index (κ3) is 3.34. The first kappa shape index (κ1) is 18.9. The Morgan fingerprint density at radius 3 is 2.04 bits per heavy atom. The summed E-state index contributed by atoms with van der Waals surface area (Å²) < 4.78 is 0. The van der Waals surface area contributed by atoms with Gasteiger partial charge in [0.1, 0.15) is 0 Å². The number of nitrogens with zero attached hydrogens (tertiary/aromatic N) is 2. The van der Waals surface area contributed by atoms with Gasteiger partial charge in [0.15, 0.2) is 0 Å². The lowest BCUT2D eigenvalue weighted by molar-refractivity contribution is 0.397. The Morgan fingerprint density at radius 1 is 1.00 bits per heavy atom. The van der Waals surface area contributed by atoms with Gasteiger partial charge >= 0.3 is 0 Å². The fourth-order valence-electron chi connectivity index (χ4n) is 3.10. The predicted molar refractivity (Wildman–Crippen MR) is 115 cm³/mol. The highest BCUT2D eigenvalue weighted by atomic mass is 15.1. The Labute approximate surface area is 152 Å². The van der Waals surface area contributed by atoms with Gasteiger partial charge in [0.05, 0.1) is 0 Å². The van der Waals surface area contributed by atoms with Crippen LogP contribution in [0.2, 0.25) is 0 Å². The third-order valence-corrected chi connectivity index (χ3v) is 5.04. The van der Waals surface area contributed by atoms with Crippen LogP contribution in [0.25, 0.3) is 28.6 Å². The van der Waals surface area contributed by atoms with Crippen LogP contribution in [0.15, 0.2) is 44.0 Å². The zero-order chi connectivity index (χ0) is 18.7. The molecule has 0 saturated heterocycles. The maximum absolute atomic E-state index is 4.37. The highest BCUT2D eigenvalue weighted by molar-refractivity contribution is 6.09. The monoisotopic (exact) mass is 334 g/mol. The molecule has 2 aromatic carbocycles. The summed E-state index contributed by atoms with van der Waals surface area (Å²) in [6.45, 7) is 19.9. The van der Waals surface area contributed by atoms with Crippen LogP contribution in [0.4, 0.5) is 5.69 Å². The number of rotatable bonds is 7. The van der Waals surface area contributed by atoms with E-state index >= 15 is 0 Å². The van der Waals surface area contributed by atoms with E-state index < -0.39 is 0 Å². The van der Waals surface area contributed by atoms with Crippen LogP contribution >= 0.6 is 0 Å². The van der Waals surface area contributed by atoms with E-state index in [1.165, 1.54) is 16.5 Å². The largest absolute Gasteiger partial charge is 0.374 e. The molecular weight excluding hydrogens is 304 g/mol. The molecule has 132 valence electrons. The van der Waals surface area contributed by atoms with E-state index in [1.807, 2.05) is 12.2 Å². The van der Waals surface area contributed by atoms with Crippen LogP contribution in [0.1, 0.15) is 37.5 Å². The zero-order valence-electron chi connectivity index (χ0n) is 16.3. The topological polar surface area (TPSA) is 6.48 Å². The number of hydrogen-bond acceptors (Lipinski definition) is 2. The standard InChI is InChI=1S/C23H30N2/c1-9-18-12-13-19(10-2)23-21(24(7)11-3)15-14-20(22(18)23)17(6)25(8)16(4)5/h9-10,12-16H,1-2,6,11H2,3-5,7-8H3. The molecule has 2 nitrogen and oxygen atoms in total. The SMILES string of the molecule is C=Cc1ccc(C=C)c2c(N(C)CC)ccc(C(=C)N(C)C(C)C)c12. The molecule has 2 rings (SSSR count). The first-order valence-electron chi connectivity index (χ1n) is 8.85. The molecule has 0 unspecified atom stereocenters. The van der Waals surface area contributed by atoms with Crippen molar-refractivity contribution in [3.8, 4) is 0 Å². The lowest BCUT2D eigenvalue weighted by Gasteiger charge is -2.29. The smallest absolute Gasteiger partial charge is 0.0449 e. The normalized spacial score (nSPS) is 10.8. The minimum absolute atomic E-state index is 0.385. The molecule has 0 aliphatic heterocycles. The maximum Gasteiger partial charge on any atom is 0.0449 e. The Hall–Kier alpha value is -2.48. The van der Waals surface area contributed by atoms with Crippen molar-refractivity contribution in [1.82, 2.24) is 4.90 Å². The summed E-state index contributed by atoms with van der Waals surface area (Å²) >= 11 is 0. The van der Waals surface area contributed by atoms with Crippen molar-refractivity contribution in [2.75, 3.05) is 25.5 Å². The molecule has 2 aromatic rings. The van der Waals surface area contributed by atoms with Crippen molar-refractivity contribution >= 4 is 34.3 Å². The second-order valence-corrected chi connectivity index (χ2v) is 6.70. The van der Waals surface area contributed by atoms with E-state index in [4.69, 9.17) is 0 Å². The molecule has 0 spiro atoms. The Balaban J connectivity index is 2.92. The van der Waals surface area contributed by atoms with Gasteiger partial charge in [0.25, 0.3) is 0 Å². The van der Waals surface area contributed by atoms with Crippen molar-refractivity contribution < 1.29 is 0 Å². The molecule has 25 heavy (non-hydrogen) atoms. The molecule has 0 aliphatic rings. The van der Waals surface area contributed by atoms with Gasteiger partial charge in [-0.1, -0.05) is 50.1 Å². The van der Waals surface area contributed by atoms with Gasteiger partial charge in [0, 0.05) is 54.4 Å². The Kier molecular flexibility index (Phi) is 5.73. The molecule has 0 aliphatic carbocycles. The van der Waals surface area contributed by atoms with Crippen LogP contribution in [0, 0.1) is 0 Å². The van der Waals surface area contributed by atoms with E-state index in [1.54, 1.807) is 0 Å². The van der Waals surface area contributed by atoms with Gasteiger partial charge < -0.3 is 9.80 Å². The van der Waals surface area contributed by atoms with Gasteiger partial charge in [-0.05, 0) is 38.0 Å². The summed E-state index contributed by atoms with van der Waals surface area (Å²) in [6.07, 6.45) is 3.86.